The first-order valence-corrected chi connectivity index (χ1v) is 8.64. The quantitative estimate of drug-likeness (QED) is 0.846. The van der Waals surface area contributed by atoms with Crippen LogP contribution in [0, 0.1) is 13.8 Å². The van der Waals surface area contributed by atoms with Crippen LogP contribution in [0.25, 0.3) is 0 Å². The molecule has 1 aromatic heterocycles. The second kappa shape index (κ2) is 7.34. The number of nitrogens with one attached hydrogen (secondary N) is 2. The van der Waals surface area contributed by atoms with Crippen molar-refractivity contribution in [2.45, 2.75) is 25.2 Å². The molecule has 0 fully saturated rings. The molecule has 1 amide bonds. The van der Waals surface area contributed by atoms with Crippen molar-refractivity contribution < 1.29 is 13.2 Å². The van der Waals surface area contributed by atoms with E-state index in [-0.39, 0.29) is 23.8 Å². The van der Waals surface area contributed by atoms with Crippen LogP contribution in [0.3, 0.4) is 0 Å². The highest BCUT2D eigenvalue weighted by atomic mass is 32.2. The van der Waals surface area contributed by atoms with Gasteiger partial charge in [-0.3, -0.25) is 4.79 Å². The lowest BCUT2D eigenvalue weighted by Gasteiger charge is -2.10. The zero-order valence-electron chi connectivity index (χ0n) is 13.0. The third kappa shape index (κ3) is 4.87. The lowest BCUT2D eigenvalue weighted by Crippen LogP contribution is -2.28. The first-order valence-electron chi connectivity index (χ1n) is 7.16. The lowest BCUT2D eigenvalue weighted by molar-refractivity contribution is -0.116. The maximum absolute atomic E-state index is 12.3. The summed E-state index contributed by atoms with van der Waals surface area (Å²) in [4.78, 5) is 16.0. The fourth-order valence-electron chi connectivity index (χ4n) is 2.02. The van der Waals surface area contributed by atoms with Gasteiger partial charge >= 0.3 is 0 Å². The number of carbonyl (C=O) groups is 1. The minimum Gasteiger partial charge on any atom is -0.311 e. The highest BCUT2D eigenvalue weighted by Crippen LogP contribution is 2.16. The molecule has 7 heteroatoms. The van der Waals surface area contributed by atoms with Gasteiger partial charge in [0.2, 0.25) is 15.9 Å². The Bertz CT molecular complexity index is 789. The number of anilines is 1. The molecule has 0 bridgehead atoms. The molecule has 0 unspecified atom stereocenters. The maximum Gasteiger partial charge on any atom is 0.240 e. The van der Waals surface area contributed by atoms with Gasteiger partial charge in [-0.1, -0.05) is 18.2 Å². The summed E-state index contributed by atoms with van der Waals surface area (Å²) in [5, 5.41) is 2.60. The van der Waals surface area contributed by atoms with Gasteiger partial charge in [0.25, 0.3) is 0 Å². The fraction of sp³-hybridized carbons (Fsp3) is 0.250. The van der Waals surface area contributed by atoms with E-state index in [9.17, 15) is 13.2 Å². The van der Waals surface area contributed by atoms with Gasteiger partial charge in [-0.25, -0.2) is 18.1 Å². The standard InChI is InChI=1S/C16H19N3O3S/c1-12-6-7-13(2)14(11-12)23(21,22)18-10-8-16(20)19-15-5-3-4-9-17-15/h3-7,9,11,18H,8,10H2,1-2H3,(H,17,19,20). The number of sulfonamides is 1. The number of hydrogen-bond acceptors (Lipinski definition) is 4. The molecule has 2 rings (SSSR count). The molecule has 0 saturated carbocycles. The normalized spacial score (nSPS) is 11.2. The van der Waals surface area contributed by atoms with E-state index in [4.69, 9.17) is 0 Å². The van der Waals surface area contributed by atoms with Crippen molar-refractivity contribution in [3.05, 3.63) is 53.7 Å². The van der Waals surface area contributed by atoms with Crippen LogP contribution in [0.15, 0.2) is 47.5 Å². The van der Waals surface area contributed by atoms with Crippen molar-refractivity contribution in [3.63, 3.8) is 0 Å². The molecule has 2 N–H and O–H groups in total. The van der Waals surface area contributed by atoms with Crippen molar-refractivity contribution in [3.8, 4) is 0 Å². The van der Waals surface area contributed by atoms with E-state index in [0.29, 0.717) is 11.4 Å². The van der Waals surface area contributed by atoms with Gasteiger partial charge in [-0.15, -0.1) is 0 Å². The van der Waals surface area contributed by atoms with E-state index < -0.39 is 10.0 Å². The van der Waals surface area contributed by atoms with E-state index in [1.807, 2.05) is 13.0 Å². The number of aryl methyl sites for hydroxylation is 2. The molecular weight excluding hydrogens is 314 g/mol. The van der Waals surface area contributed by atoms with Crippen LogP contribution < -0.4 is 10.0 Å². The molecule has 1 heterocycles. The number of amides is 1. The SMILES string of the molecule is Cc1ccc(C)c(S(=O)(=O)NCCC(=O)Nc2ccccn2)c1. The van der Waals surface area contributed by atoms with Crippen molar-refractivity contribution >= 4 is 21.7 Å². The maximum atomic E-state index is 12.3. The van der Waals surface area contributed by atoms with Crippen molar-refractivity contribution in [2.24, 2.45) is 0 Å². The highest BCUT2D eigenvalue weighted by Gasteiger charge is 2.17. The van der Waals surface area contributed by atoms with Gasteiger partial charge in [-0.2, -0.15) is 0 Å². The van der Waals surface area contributed by atoms with Crippen LogP contribution in [0.5, 0.6) is 0 Å². The van der Waals surface area contributed by atoms with Crippen molar-refractivity contribution in [2.75, 3.05) is 11.9 Å². The molecule has 0 aliphatic carbocycles. The predicted octanol–water partition coefficient (Wildman–Crippen LogP) is 2.01. The molecule has 0 aliphatic rings. The van der Waals surface area contributed by atoms with Crippen LogP contribution in [0.1, 0.15) is 17.5 Å². The summed E-state index contributed by atoms with van der Waals surface area (Å²) in [6, 6.07) is 10.4. The van der Waals surface area contributed by atoms with Crippen LogP contribution in [0.4, 0.5) is 5.82 Å². The summed E-state index contributed by atoms with van der Waals surface area (Å²) in [7, 11) is -3.63. The van der Waals surface area contributed by atoms with Gasteiger partial charge in [-0.05, 0) is 43.2 Å². The molecule has 122 valence electrons. The Morgan fingerprint density at radius 1 is 1.17 bits per heavy atom. The van der Waals surface area contributed by atoms with Crippen LogP contribution in [0.2, 0.25) is 0 Å². The zero-order valence-corrected chi connectivity index (χ0v) is 13.9. The molecule has 2 aromatic rings. The van der Waals surface area contributed by atoms with E-state index in [2.05, 4.69) is 15.0 Å². The fourth-order valence-corrected chi connectivity index (χ4v) is 3.37. The summed E-state index contributed by atoms with van der Waals surface area (Å²) in [6.45, 7) is 3.59. The van der Waals surface area contributed by atoms with E-state index in [1.165, 1.54) is 0 Å². The number of benzene rings is 1. The first kappa shape index (κ1) is 17.1. The minimum atomic E-state index is -3.63. The summed E-state index contributed by atoms with van der Waals surface area (Å²) < 4.78 is 27.0. The molecule has 0 atom stereocenters. The Morgan fingerprint density at radius 2 is 1.96 bits per heavy atom. The number of aromatic nitrogens is 1. The van der Waals surface area contributed by atoms with Gasteiger partial charge < -0.3 is 5.32 Å². The molecule has 0 spiro atoms. The van der Waals surface area contributed by atoms with Crippen molar-refractivity contribution in [1.82, 2.24) is 9.71 Å². The minimum absolute atomic E-state index is 0.0222. The third-order valence-electron chi connectivity index (χ3n) is 3.21. The summed E-state index contributed by atoms with van der Waals surface area (Å²) in [5.41, 5.74) is 1.53. The Labute approximate surface area is 136 Å². The molecule has 0 saturated heterocycles. The zero-order chi connectivity index (χ0) is 16.9. The van der Waals surface area contributed by atoms with E-state index in [0.717, 1.165) is 5.56 Å². The number of nitrogens with zero attached hydrogens (tertiary/aromatic N) is 1. The van der Waals surface area contributed by atoms with Crippen LogP contribution >= 0.6 is 0 Å². The number of carbonyl (C=O) groups excluding carboxylic acids is 1. The molecule has 0 aliphatic heterocycles. The Kier molecular flexibility index (Phi) is 5.46. The Balaban J connectivity index is 1.92. The summed E-state index contributed by atoms with van der Waals surface area (Å²) in [5.74, 6) is 0.141. The second-order valence-corrected chi connectivity index (χ2v) is 6.92. The average molecular weight is 333 g/mol. The van der Waals surface area contributed by atoms with Gasteiger partial charge in [0.05, 0.1) is 4.90 Å². The van der Waals surface area contributed by atoms with Crippen LogP contribution in [-0.4, -0.2) is 25.9 Å². The Hall–Kier alpha value is -2.25. The smallest absolute Gasteiger partial charge is 0.240 e. The molecule has 0 radical (unpaired) electrons. The van der Waals surface area contributed by atoms with E-state index in [1.54, 1.807) is 43.5 Å². The third-order valence-corrected chi connectivity index (χ3v) is 4.81. The molecule has 6 nitrogen and oxygen atoms in total. The predicted molar refractivity (Wildman–Crippen MR) is 88.6 cm³/mol. The first-order chi connectivity index (χ1) is 10.9. The van der Waals surface area contributed by atoms with Gasteiger partial charge in [0, 0.05) is 19.2 Å². The number of pyridine rings is 1. The molecule has 1 aromatic carbocycles. The monoisotopic (exact) mass is 333 g/mol. The average Bonchev–Trinajstić information content (AvgIpc) is 2.50. The lowest BCUT2D eigenvalue weighted by atomic mass is 10.2. The van der Waals surface area contributed by atoms with Crippen molar-refractivity contribution in [1.29, 1.82) is 0 Å². The van der Waals surface area contributed by atoms with Gasteiger partial charge in [0.1, 0.15) is 5.82 Å². The van der Waals surface area contributed by atoms with Crippen LogP contribution in [-0.2, 0) is 14.8 Å². The van der Waals surface area contributed by atoms with E-state index >= 15 is 0 Å². The second-order valence-electron chi connectivity index (χ2n) is 5.18. The largest absolute Gasteiger partial charge is 0.311 e. The Morgan fingerprint density at radius 3 is 2.65 bits per heavy atom. The molecule has 23 heavy (non-hydrogen) atoms. The summed E-state index contributed by atoms with van der Waals surface area (Å²) >= 11 is 0. The molecular formula is C16H19N3O3S. The summed E-state index contributed by atoms with van der Waals surface area (Å²) in [6.07, 6.45) is 1.60. The van der Waals surface area contributed by atoms with Gasteiger partial charge in [0.15, 0.2) is 0 Å². The number of rotatable bonds is 6. The highest BCUT2D eigenvalue weighted by molar-refractivity contribution is 7.89. The topological polar surface area (TPSA) is 88.2 Å². The number of hydrogen-bond donors (Lipinski definition) is 2.